The molecule has 1 aromatic carbocycles. The molecule has 7 heteroatoms. The number of hydrogen-bond acceptors (Lipinski definition) is 4. The summed E-state index contributed by atoms with van der Waals surface area (Å²) in [6.45, 7) is 1.80. The molecule has 0 bridgehead atoms. The highest BCUT2D eigenvalue weighted by molar-refractivity contribution is 9.10. The van der Waals surface area contributed by atoms with Gasteiger partial charge in [0.1, 0.15) is 10.6 Å². The van der Waals surface area contributed by atoms with E-state index in [2.05, 4.69) is 25.6 Å². The Bertz CT molecular complexity index is 717. The fraction of sp³-hybridized carbons (Fsp3) is 0.0833. The van der Waals surface area contributed by atoms with Crippen molar-refractivity contribution in [1.82, 2.24) is 4.98 Å². The summed E-state index contributed by atoms with van der Waals surface area (Å²) in [6.07, 6.45) is 2.72. The number of nitrogens with one attached hydrogen (secondary N) is 1. The summed E-state index contributed by atoms with van der Waals surface area (Å²) < 4.78 is 27.1. The van der Waals surface area contributed by atoms with E-state index in [0.717, 1.165) is 5.56 Å². The molecule has 0 spiro atoms. The van der Waals surface area contributed by atoms with Crippen LogP contribution in [0.4, 0.5) is 5.69 Å². The van der Waals surface area contributed by atoms with E-state index in [0.29, 0.717) is 4.47 Å². The van der Waals surface area contributed by atoms with Crippen molar-refractivity contribution in [3.8, 4) is 5.75 Å². The number of halogens is 1. The number of rotatable bonds is 3. The molecule has 1 heterocycles. The van der Waals surface area contributed by atoms with Crippen molar-refractivity contribution in [1.29, 1.82) is 0 Å². The summed E-state index contributed by atoms with van der Waals surface area (Å²) in [4.78, 5) is 3.82. The van der Waals surface area contributed by atoms with Crippen molar-refractivity contribution >= 4 is 31.6 Å². The standard InChI is InChI=1S/C12H11BrN2O3S/c1-8-2-3-11(12(16)4-8)15-19(17,18)10-5-9(13)6-14-7-10/h2-7,15-16H,1H3. The minimum absolute atomic E-state index is 0.0156. The van der Waals surface area contributed by atoms with Gasteiger partial charge in [-0.05, 0) is 46.6 Å². The molecule has 1 aromatic heterocycles. The normalized spacial score (nSPS) is 11.3. The molecule has 2 N–H and O–H groups in total. The molecule has 0 aliphatic rings. The molecule has 0 saturated carbocycles. The van der Waals surface area contributed by atoms with Gasteiger partial charge in [-0.25, -0.2) is 8.42 Å². The number of aryl methyl sites for hydroxylation is 1. The van der Waals surface area contributed by atoms with Gasteiger partial charge < -0.3 is 5.11 Å². The third-order valence-electron chi connectivity index (χ3n) is 2.39. The van der Waals surface area contributed by atoms with Gasteiger partial charge >= 0.3 is 0 Å². The molecule has 0 amide bonds. The first-order valence-corrected chi connectivity index (χ1v) is 7.59. The maximum atomic E-state index is 12.1. The van der Waals surface area contributed by atoms with E-state index in [1.165, 1.54) is 30.6 Å². The zero-order valence-corrected chi connectivity index (χ0v) is 12.4. The second kappa shape index (κ2) is 5.18. The predicted octanol–water partition coefficient (Wildman–Crippen LogP) is 2.66. The van der Waals surface area contributed by atoms with E-state index in [1.54, 1.807) is 13.0 Å². The maximum absolute atomic E-state index is 12.1. The number of benzene rings is 1. The Morgan fingerprint density at radius 3 is 2.63 bits per heavy atom. The number of sulfonamides is 1. The number of phenolic OH excluding ortho intramolecular Hbond substituents is 1. The quantitative estimate of drug-likeness (QED) is 0.840. The highest BCUT2D eigenvalue weighted by Crippen LogP contribution is 2.26. The van der Waals surface area contributed by atoms with Crippen LogP contribution in [0.5, 0.6) is 5.75 Å². The summed E-state index contributed by atoms with van der Waals surface area (Å²) in [6, 6.07) is 6.13. The highest BCUT2D eigenvalue weighted by Gasteiger charge is 2.16. The van der Waals surface area contributed by atoms with Crippen LogP contribution in [-0.4, -0.2) is 18.5 Å². The van der Waals surface area contributed by atoms with Crippen LogP contribution in [0.3, 0.4) is 0 Å². The molecule has 0 aliphatic carbocycles. The number of nitrogens with zero attached hydrogens (tertiary/aromatic N) is 1. The first kappa shape index (κ1) is 13.8. The lowest BCUT2D eigenvalue weighted by atomic mass is 10.2. The molecule has 2 rings (SSSR count). The van der Waals surface area contributed by atoms with Crippen LogP contribution in [0.1, 0.15) is 5.56 Å². The van der Waals surface area contributed by atoms with Crippen LogP contribution in [0.25, 0.3) is 0 Å². The topological polar surface area (TPSA) is 79.3 Å². The fourth-order valence-corrected chi connectivity index (χ4v) is 3.05. The monoisotopic (exact) mass is 342 g/mol. The van der Waals surface area contributed by atoms with Crippen LogP contribution in [-0.2, 0) is 10.0 Å². The van der Waals surface area contributed by atoms with E-state index in [9.17, 15) is 13.5 Å². The number of anilines is 1. The van der Waals surface area contributed by atoms with Gasteiger partial charge in [-0.3, -0.25) is 9.71 Å². The maximum Gasteiger partial charge on any atom is 0.263 e. The molecule has 0 saturated heterocycles. The second-order valence-electron chi connectivity index (χ2n) is 3.96. The lowest BCUT2D eigenvalue weighted by Crippen LogP contribution is -2.13. The van der Waals surface area contributed by atoms with Gasteiger partial charge in [-0.15, -0.1) is 0 Å². The van der Waals surface area contributed by atoms with Crippen molar-refractivity contribution in [2.45, 2.75) is 11.8 Å². The summed E-state index contributed by atoms with van der Waals surface area (Å²) in [5, 5.41) is 9.70. The van der Waals surface area contributed by atoms with Crippen LogP contribution in [0.2, 0.25) is 0 Å². The largest absolute Gasteiger partial charge is 0.506 e. The Balaban J connectivity index is 2.36. The third kappa shape index (κ3) is 3.24. The molecule has 0 aliphatic heterocycles. The SMILES string of the molecule is Cc1ccc(NS(=O)(=O)c2cncc(Br)c2)c(O)c1. The number of phenols is 1. The molecule has 5 nitrogen and oxygen atoms in total. The Labute approximate surface area is 119 Å². The number of pyridine rings is 1. The van der Waals surface area contributed by atoms with Gasteiger partial charge in [0.2, 0.25) is 0 Å². The fourth-order valence-electron chi connectivity index (χ4n) is 1.47. The second-order valence-corrected chi connectivity index (χ2v) is 6.56. The Morgan fingerprint density at radius 2 is 2.00 bits per heavy atom. The van der Waals surface area contributed by atoms with Crippen molar-refractivity contribution in [3.63, 3.8) is 0 Å². The average molecular weight is 343 g/mol. The lowest BCUT2D eigenvalue weighted by Gasteiger charge is -2.10. The van der Waals surface area contributed by atoms with Crippen LogP contribution < -0.4 is 4.72 Å². The van der Waals surface area contributed by atoms with Crippen LogP contribution in [0, 0.1) is 6.92 Å². The van der Waals surface area contributed by atoms with E-state index >= 15 is 0 Å². The van der Waals surface area contributed by atoms with E-state index in [-0.39, 0.29) is 16.3 Å². The first-order chi connectivity index (χ1) is 8.88. The van der Waals surface area contributed by atoms with Gasteiger partial charge in [-0.1, -0.05) is 6.07 Å². The van der Waals surface area contributed by atoms with Crippen molar-refractivity contribution < 1.29 is 13.5 Å². The summed E-state index contributed by atoms with van der Waals surface area (Å²) in [7, 11) is -3.77. The third-order valence-corrected chi connectivity index (χ3v) is 4.15. The lowest BCUT2D eigenvalue weighted by molar-refractivity contribution is 0.477. The molecule has 2 aromatic rings. The van der Waals surface area contributed by atoms with E-state index in [4.69, 9.17) is 0 Å². The zero-order chi connectivity index (χ0) is 14.0. The predicted molar refractivity (Wildman–Crippen MR) is 75.6 cm³/mol. The first-order valence-electron chi connectivity index (χ1n) is 5.31. The molecular weight excluding hydrogens is 332 g/mol. The van der Waals surface area contributed by atoms with Crippen molar-refractivity contribution in [2.24, 2.45) is 0 Å². The van der Waals surface area contributed by atoms with Gasteiger partial charge in [0, 0.05) is 16.9 Å². The summed E-state index contributed by atoms with van der Waals surface area (Å²) in [5.41, 5.74) is 0.968. The Kier molecular flexibility index (Phi) is 3.77. The average Bonchev–Trinajstić information content (AvgIpc) is 2.33. The van der Waals surface area contributed by atoms with E-state index in [1.807, 2.05) is 0 Å². The summed E-state index contributed by atoms with van der Waals surface area (Å²) in [5.74, 6) is -0.119. The van der Waals surface area contributed by atoms with Crippen molar-refractivity contribution in [3.05, 3.63) is 46.7 Å². The smallest absolute Gasteiger partial charge is 0.263 e. The number of hydrogen-bond donors (Lipinski definition) is 2. The zero-order valence-electron chi connectivity index (χ0n) is 9.96. The number of aromatic hydroxyl groups is 1. The minimum atomic E-state index is -3.77. The minimum Gasteiger partial charge on any atom is -0.506 e. The molecule has 0 unspecified atom stereocenters. The Hall–Kier alpha value is -1.60. The molecule has 19 heavy (non-hydrogen) atoms. The van der Waals surface area contributed by atoms with Crippen LogP contribution in [0.15, 0.2) is 46.0 Å². The molecular formula is C12H11BrN2O3S. The molecule has 0 fully saturated rings. The van der Waals surface area contributed by atoms with Gasteiger partial charge in [0.25, 0.3) is 10.0 Å². The molecule has 100 valence electrons. The Morgan fingerprint density at radius 1 is 1.26 bits per heavy atom. The number of aromatic nitrogens is 1. The molecule has 0 radical (unpaired) electrons. The van der Waals surface area contributed by atoms with Crippen LogP contribution >= 0.6 is 15.9 Å². The van der Waals surface area contributed by atoms with Gasteiger partial charge in [0.15, 0.2) is 0 Å². The van der Waals surface area contributed by atoms with E-state index < -0.39 is 10.0 Å². The van der Waals surface area contributed by atoms with Gasteiger partial charge in [-0.2, -0.15) is 0 Å². The van der Waals surface area contributed by atoms with Gasteiger partial charge in [0.05, 0.1) is 5.69 Å². The molecule has 0 atom stereocenters. The highest BCUT2D eigenvalue weighted by atomic mass is 79.9. The van der Waals surface area contributed by atoms with Crippen molar-refractivity contribution in [2.75, 3.05) is 4.72 Å². The summed E-state index contributed by atoms with van der Waals surface area (Å²) >= 11 is 3.16.